The molecule has 6 nitrogen and oxygen atoms in total. The SMILES string of the molecule is CC(C)CN(C)C(=O)C1CCN([C@H]2CCCN(C(=O)OC(C)(C)C)CC2)CC1. The predicted octanol–water partition coefficient (Wildman–Crippen LogP) is 3.60. The van der Waals surface area contributed by atoms with Crippen LogP contribution in [-0.4, -0.2) is 78.1 Å². The standard InChI is InChI=1S/C22H41N3O3/c1-17(2)16-23(6)20(26)18-9-13-24(14-10-18)19-8-7-12-25(15-11-19)21(27)28-22(3,4)5/h17-19H,7-16H2,1-6H3/t19-/m0/s1. The third kappa shape index (κ3) is 6.94. The molecule has 162 valence electrons. The fourth-order valence-electron chi connectivity index (χ4n) is 4.41. The predicted molar refractivity (Wildman–Crippen MR) is 112 cm³/mol. The van der Waals surface area contributed by atoms with Gasteiger partial charge in [-0.3, -0.25) is 4.79 Å². The van der Waals surface area contributed by atoms with Gasteiger partial charge in [0.25, 0.3) is 0 Å². The molecule has 0 spiro atoms. The molecule has 6 heteroatoms. The van der Waals surface area contributed by atoms with Crippen LogP contribution in [0.1, 0.15) is 66.7 Å². The van der Waals surface area contributed by atoms with Crippen LogP contribution >= 0.6 is 0 Å². The average molecular weight is 396 g/mol. The van der Waals surface area contributed by atoms with E-state index >= 15 is 0 Å². The second-order valence-corrected chi connectivity index (χ2v) is 9.97. The van der Waals surface area contributed by atoms with E-state index in [4.69, 9.17) is 4.74 Å². The summed E-state index contributed by atoms with van der Waals surface area (Å²) >= 11 is 0. The summed E-state index contributed by atoms with van der Waals surface area (Å²) in [6.45, 7) is 14.4. The quantitative estimate of drug-likeness (QED) is 0.730. The molecule has 0 radical (unpaired) electrons. The molecule has 28 heavy (non-hydrogen) atoms. The van der Waals surface area contributed by atoms with Crippen molar-refractivity contribution in [3.8, 4) is 0 Å². The van der Waals surface area contributed by atoms with E-state index in [0.29, 0.717) is 17.9 Å². The molecule has 0 unspecified atom stereocenters. The molecule has 2 aliphatic rings. The van der Waals surface area contributed by atoms with Crippen LogP contribution in [-0.2, 0) is 9.53 Å². The Balaban J connectivity index is 1.80. The summed E-state index contributed by atoms with van der Waals surface area (Å²) in [5.41, 5.74) is -0.445. The van der Waals surface area contributed by atoms with Crippen molar-refractivity contribution in [3.63, 3.8) is 0 Å². The normalized spacial score (nSPS) is 22.8. The molecule has 2 saturated heterocycles. The molecule has 1 atom stereocenters. The minimum atomic E-state index is -0.445. The number of likely N-dealkylation sites (tertiary alicyclic amines) is 2. The highest BCUT2D eigenvalue weighted by Gasteiger charge is 2.32. The van der Waals surface area contributed by atoms with Crippen LogP contribution in [0.2, 0.25) is 0 Å². The van der Waals surface area contributed by atoms with E-state index in [9.17, 15) is 9.59 Å². The Bertz CT molecular complexity index is 522. The molecule has 2 rings (SSSR count). The highest BCUT2D eigenvalue weighted by molar-refractivity contribution is 5.78. The number of carbonyl (C=O) groups excluding carboxylic acids is 2. The van der Waals surface area contributed by atoms with Gasteiger partial charge in [-0.1, -0.05) is 13.8 Å². The van der Waals surface area contributed by atoms with Crippen molar-refractivity contribution in [3.05, 3.63) is 0 Å². The van der Waals surface area contributed by atoms with Gasteiger partial charge in [0.15, 0.2) is 0 Å². The van der Waals surface area contributed by atoms with Crippen LogP contribution in [0.25, 0.3) is 0 Å². The van der Waals surface area contributed by atoms with Crippen molar-refractivity contribution < 1.29 is 14.3 Å². The zero-order chi connectivity index (χ0) is 20.9. The van der Waals surface area contributed by atoms with Crippen LogP contribution in [0.3, 0.4) is 0 Å². The third-order valence-corrected chi connectivity index (χ3v) is 5.76. The minimum absolute atomic E-state index is 0.170. The summed E-state index contributed by atoms with van der Waals surface area (Å²) < 4.78 is 5.53. The molecule has 2 heterocycles. The number of amides is 2. The monoisotopic (exact) mass is 395 g/mol. The maximum atomic E-state index is 12.7. The highest BCUT2D eigenvalue weighted by Crippen LogP contribution is 2.26. The van der Waals surface area contributed by atoms with Gasteiger partial charge in [-0.25, -0.2) is 4.79 Å². The van der Waals surface area contributed by atoms with Gasteiger partial charge in [-0.2, -0.15) is 0 Å². The first-order chi connectivity index (χ1) is 13.1. The van der Waals surface area contributed by atoms with Crippen LogP contribution < -0.4 is 0 Å². The van der Waals surface area contributed by atoms with Gasteiger partial charge >= 0.3 is 6.09 Å². The van der Waals surface area contributed by atoms with Gasteiger partial charge < -0.3 is 19.4 Å². The van der Waals surface area contributed by atoms with E-state index in [-0.39, 0.29) is 12.0 Å². The Morgan fingerprint density at radius 2 is 1.68 bits per heavy atom. The maximum Gasteiger partial charge on any atom is 0.410 e. The van der Waals surface area contributed by atoms with Crippen LogP contribution in [0.15, 0.2) is 0 Å². The largest absolute Gasteiger partial charge is 0.444 e. The van der Waals surface area contributed by atoms with E-state index in [2.05, 4.69) is 18.7 Å². The first-order valence-electron chi connectivity index (χ1n) is 11.0. The van der Waals surface area contributed by atoms with Crippen molar-refractivity contribution in [2.45, 2.75) is 78.4 Å². The van der Waals surface area contributed by atoms with Crippen molar-refractivity contribution in [1.82, 2.24) is 14.7 Å². The number of nitrogens with zero attached hydrogens (tertiary/aromatic N) is 3. The second kappa shape index (κ2) is 9.95. The molecule has 0 saturated carbocycles. The van der Waals surface area contributed by atoms with Gasteiger partial charge in [0.05, 0.1) is 0 Å². The van der Waals surface area contributed by atoms with E-state index in [1.807, 2.05) is 37.6 Å². The molecule has 0 aromatic heterocycles. The van der Waals surface area contributed by atoms with Gasteiger partial charge in [0.2, 0.25) is 5.91 Å². The Hall–Kier alpha value is -1.30. The minimum Gasteiger partial charge on any atom is -0.444 e. The molecule has 0 aliphatic carbocycles. The fraction of sp³-hybridized carbons (Fsp3) is 0.909. The van der Waals surface area contributed by atoms with E-state index in [0.717, 1.165) is 64.8 Å². The molecule has 0 aromatic rings. The van der Waals surface area contributed by atoms with Crippen molar-refractivity contribution in [1.29, 1.82) is 0 Å². The van der Waals surface area contributed by atoms with Gasteiger partial charge in [0, 0.05) is 38.6 Å². The third-order valence-electron chi connectivity index (χ3n) is 5.76. The number of hydrogen-bond donors (Lipinski definition) is 0. The molecule has 2 fully saturated rings. The van der Waals surface area contributed by atoms with E-state index < -0.39 is 5.60 Å². The van der Waals surface area contributed by atoms with E-state index in [1.165, 1.54) is 0 Å². The van der Waals surface area contributed by atoms with Gasteiger partial charge in [0.1, 0.15) is 5.60 Å². The number of carbonyl (C=O) groups is 2. The number of rotatable bonds is 4. The summed E-state index contributed by atoms with van der Waals surface area (Å²) in [6, 6.07) is 0.511. The lowest BCUT2D eigenvalue weighted by molar-refractivity contribution is -0.136. The zero-order valence-electron chi connectivity index (χ0n) is 18.9. The zero-order valence-corrected chi connectivity index (χ0v) is 18.9. The number of hydrogen-bond acceptors (Lipinski definition) is 4. The first-order valence-corrected chi connectivity index (χ1v) is 11.0. The average Bonchev–Trinajstić information content (AvgIpc) is 2.85. The van der Waals surface area contributed by atoms with Crippen LogP contribution in [0, 0.1) is 11.8 Å². The van der Waals surface area contributed by atoms with E-state index in [1.54, 1.807) is 0 Å². The Morgan fingerprint density at radius 3 is 2.25 bits per heavy atom. The lowest BCUT2D eigenvalue weighted by atomic mass is 9.93. The highest BCUT2D eigenvalue weighted by atomic mass is 16.6. The Labute approximate surface area is 171 Å². The molecule has 0 bridgehead atoms. The van der Waals surface area contributed by atoms with Crippen molar-refractivity contribution in [2.24, 2.45) is 11.8 Å². The summed E-state index contributed by atoms with van der Waals surface area (Å²) in [5, 5.41) is 0. The second-order valence-electron chi connectivity index (χ2n) is 9.97. The van der Waals surface area contributed by atoms with Crippen molar-refractivity contribution in [2.75, 3.05) is 39.8 Å². The Morgan fingerprint density at radius 1 is 1.04 bits per heavy atom. The number of ether oxygens (including phenoxy) is 1. The molecule has 0 aromatic carbocycles. The van der Waals surface area contributed by atoms with Crippen LogP contribution in [0.4, 0.5) is 4.79 Å². The topological polar surface area (TPSA) is 53.1 Å². The lowest BCUT2D eigenvalue weighted by Gasteiger charge is -2.38. The maximum absolute atomic E-state index is 12.7. The number of piperidine rings is 1. The summed E-state index contributed by atoms with van der Waals surface area (Å²) in [5.74, 6) is 0.988. The molecule has 2 amide bonds. The summed E-state index contributed by atoms with van der Waals surface area (Å²) in [6.07, 6.45) is 4.84. The lowest BCUT2D eigenvalue weighted by Crippen LogP contribution is -2.46. The summed E-state index contributed by atoms with van der Waals surface area (Å²) in [7, 11) is 1.94. The van der Waals surface area contributed by atoms with Crippen molar-refractivity contribution >= 4 is 12.0 Å². The van der Waals surface area contributed by atoms with Gasteiger partial charge in [-0.15, -0.1) is 0 Å². The molecule has 2 aliphatic heterocycles. The summed E-state index contributed by atoms with van der Waals surface area (Å²) in [4.78, 5) is 31.3. The smallest absolute Gasteiger partial charge is 0.410 e. The van der Waals surface area contributed by atoms with Crippen LogP contribution in [0.5, 0.6) is 0 Å². The molecular weight excluding hydrogens is 354 g/mol. The fourth-order valence-corrected chi connectivity index (χ4v) is 4.41. The molecule has 0 N–H and O–H groups in total. The Kier molecular flexibility index (Phi) is 8.17. The van der Waals surface area contributed by atoms with Gasteiger partial charge in [-0.05, 0) is 71.9 Å². The molecular formula is C22H41N3O3. The first kappa shape index (κ1) is 23.0.